The minimum Gasteiger partial charge on any atom is -0.354 e. The third kappa shape index (κ3) is 6.48. The predicted octanol–water partition coefficient (Wildman–Crippen LogP) is 9.85. The molecule has 8 nitrogen and oxygen atoms in total. The fraction of sp³-hybridized carbons (Fsp3) is 0.0435. The Hall–Kier alpha value is -7.32. The smallest absolute Gasteiger partial charge is 0.282 e. The number of carbonyl (C=O) groups is 2. The first-order valence-corrected chi connectivity index (χ1v) is 17.7. The van der Waals surface area contributed by atoms with E-state index in [1.54, 1.807) is 0 Å². The summed E-state index contributed by atoms with van der Waals surface area (Å²) in [6.45, 7) is 3.72. The number of amides is 2. The fourth-order valence-electron chi connectivity index (χ4n) is 6.77. The first-order valence-electron chi connectivity index (χ1n) is 17.7. The summed E-state index contributed by atoms with van der Waals surface area (Å²) in [6.07, 6.45) is 0. The lowest BCUT2D eigenvalue weighted by atomic mass is 9.98. The zero-order valence-corrected chi connectivity index (χ0v) is 29.8. The molecule has 2 amide bonds. The number of rotatable bonds is 9. The lowest BCUT2D eigenvalue weighted by molar-refractivity contribution is -0.115. The molecule has 0 saturated carbocycles. The predicted molar refractivity (Wildman–Crippen MR) is 220 cm³/mol. The molecule has 0 aromatic heterocycles. The van der Waals surface area contributed by atoms with Crippen molar-refractivity contribution < 1.29 is 9.59 Å². The molecule has 262 valence electrons. The highest BCUT2D eigenvalue weighted by molar-refractivity contribution is 6.35. The van der Waals surface area contributed by atoms with Gasteiger partial charge in [-0.05, 0) is 61.4 Å². The SMILES string of the molecule is CC1=NN(c2ccccc2)C(=O)C1=C(Nc1ccccc1-c1ccccc1NC(=C1C(=O)N(c2ccccc2)N=C1C)c1ccccc1)c1ccccc1. The van der Waals surface area contributed by atoms with Crippen molar-refractivity contribution in [3.63, 3.8) is 0 Å². The van der Waals surface area contributed by atoms with E-state index in [4.69, 9.17) is 0 Å². The monoisotopic (exact) mass is 704 g/mol. The van der Waals surface area contributed by atoms with Crippen LogP contribution in [0.2, 0.25) is 0 Å². The summed E-state index contributed by atoms with van der Waals surface area (Å²) in [4.78, 5) is 28.3. The van der Waals surface area contributed by atoms with Crippen LogP contribution in [0, 0.1) is 0 Å². The van der Waals surface area contributed by atoms with Crippen molar-refractivity contribution in [3.8, 4) is 11.1 Å². The molecule has 0 saturated heterocycles. The highest BCUT2D eigenvalue weighted by Gasteiger charge is 2.34. The second kappa shape index (κ2) is 14.7. The van der Waals surface area contributed by atoms with Crippen LogP contribution in [0.3, 0.4) is 0 Å². The van der Waals surface area contributed by atoms with Crippen molar-refractivity contribution >= 4 is 57.4 Å². The van der Waals surface area contributed by atoms with Crippen molar-refractivity contribution in [2.75, 3.05) is 20.7 Å². The van der Waals surface area contributed by atoms with Gasteiger partial charge < -0.3 is 10.6 Å². The quantitative estimate of drug-likeness (QED) is 0.147. The van der Waals surface area contributed by atoms with E-state index in [0.717, 1.165) is 33.6 Å². The molecular weight excluding hydrogens is 669 g/mol. The third-order valence-corrected chi connectivity index (χ3v) is 9.33. The second-order valence-corrected chi connectivity index (χ2v) is 12.8. The molecule has 2 aliphatic heterocycles. The van der Waals surface area contributed by atoms with Crippen LogP contribution in [-0.4, -0.2) is 23.2 Å². The van der Waals surface area contributed by atoms with Crippen molar-refractivity contribution in [3.05, 3.63) is 192 Å². The topological polar surface area (TPSA) is 89.4 Å². The number of hydrogen-bond acceptors (Lipinski definition) is 6. The zero-order chi connectivity index (χ0) is 37.0. The molecule has 2 N–H and O–H groups in total. The standard InChI is InChI=1S/C46H36N6O2/c1-31-41(45(53)51(49-31)35-23-11-5-12-24-35)43(33-19-7-3-8-20-33)47-39-29-17-15-27-37(39)38-28-16-18-30-40(38)48-44(34-21-9-4-10-22-34)42-32(2)50-52(46(42)54)36-25-13-6-14-26-36/h3-30,47-48H,1-2H3. The Morgan fingerprint density at radius 1 is 0.426 bits per heavy atom. The third-order valence-electron chi connectivity index (χ3n) is 9.33. The highest BCUT2D eigenvalue weighted by Crippen LogP contribution is 2.39. The lowest BCUT2D eigenvalue weighted by Crippen LogP contribution is -2.23. The number of carbonyl (C=O) groups excluding carboxylic acids is 2. The number of nitrogens with one attached hydrogen (secondary N) is 2. The number of hydrogen-bond donors (Lipinski definition) is 2. The van der Waals surface area contributed by atoms with Gasteiger partial charge in [-0.2, -0.15) is 20.2 Å². The van der Waals surface area contributed by atoms with Gasteiger partial charge in [-0.15, -0.1) is 0 Å². The minimum atomic E-state index is -0.216. The Morgan fingerprint density at radius 2 is 0.741 bits per heavy atom. The Bertz CT molecular complexity index is 2310. The number of nitrogens with zero attached hydrogens (tertiary/aromatic N) is 4. The first kappa shape index (κ1) is 33.8. The van der Waals surface area contributed by atoms with Gasteiger partial charge in [0.15, 0.2) is 0 Å². The molecule has 8 rings (SSSR count). The Balaban J connectivity index is 1.22. The van der Waals surface area contributed by atoms with Crippen LogP contribution in [0.5, 0.6) is 0 Å². The normalized spacial score (nSPS) is 15.9. The van der Waals surface area contributed by atoms with Crippen molar-refractivity contribution in [1.82, 2.24) is 0 Å². The Morgan fingerprint density at radius 3 is 1.11 bits per heavy atom. The van der Waals surface area contributed by atoms with Gasteiger partial charge in [0, 0.05) is 22.5 Å². The van der Waals surface area contributed by atoms with Crippen LogP contribution in [0.25, 0.3) is 22.5 Å². The largest absolute Gasteiger partial charge is 0.354 e. The molecule has 0 atom stereocenters. The van der Waals surface area contributed by atoms with Crippen LogP contribution in [0.15, 0.2) is 191 Å². The van der Waals surface area contributed by atoms with Gasteiger partial charge in [0.2, 0.25) is 0 Å². The van der Waals surface area contributed by atoms with Gasteiger partial charge in [-0.3, -0.25) is 9.59 Å². The number of benzene rings is 6. The first-order chi connectivity index (χ1) is 26.5. The summed E-state index contributed by atoms with van der Waals surface area (Å²) in [5.74, 6) is -0.432. The molecule has 54 heavy (non-hydrogen) atoms. The van der Waals surface area contributed by atoms with E-state index in [0.29, 0.717) is 45.3 Å². The van der Waals surface area contributed by atoms with E-state index in [9.17, 15) is 9.59 Å². The molecule has 6 aromatic carbocycles. The van der Waals surface area contributed by atoms with E-state index in [-0.39, 0.29) is 11.8 Å². The summed E-state index contributed by atoms with van der Waals surface area (Å²) in [6, 6.07) is 54.6. The van der Waals surface area contributed by atoms with Crippen LogP contribution in [0.1, 0.15) is 25.0 Å². The Kier molecular flexibility index (Phi) is 9.22. The highest BCUT2D eigenvalue weighted by atomic mass is 16.2. The molecule has 0 spiro atoms. The van der Waals surface area contributed by atoms with Gasteiger partial charge >= 0.3 is 0 Å². The molecule has 0 aliphatic carbocycles. The van der Waals surface area contributed by atoms with Crippen molar-refractivity contribution in [2.45, 2.75) is 13.8 Å². The van der Waals surface area contributed by atoms with Crippen molar-refractivity contribution in [1.29, 1.82) is 0 Å². The Labute approximate surface area is 314 Å². The second-order valence-electron chi connectivity index (χ2n) is 12.8. The van der Waals surface area contributed by atoms with E-state index < -0.39 is 0 Å². The average molecular weight is 705 g/mol. The van der Waals surface area contributed by atoms with E-state index in [1.165, 1.54) is 10.0 Å². The molecular formula is C46H36N6O2. The fourth-order valence-corrected chi connectivity index (χ4v) is 6.77. The van der Waals surface area contributed by atoms with Crippen LogP contribution >= 0.6 is 0 Å². The zero-order valence-electron chi connectivity index (χ0n) is 29.8. The average Bonchev–Trinajstić information content (AvgIpc) is 3.69. The molecule has 0 bridgehead atoms. The summed E-state index contributed by atoms with van der Waals surface area (Å²) in [5, 5.41) is 19.6. The van der Waals surface area contributed by atoms with E-state index in [2.05, 4.69) is 20.8 Å². The summed E-state index contributed by atoms with van der Waals surface area (Å²) >= 11 is 0. The molecule has 0 fully saturated rings. The van der Waals surface area contributed by atoms with Gasteiger partial charge in [0.25, 0.3) is 11.8 Å². The van der Waals surface area contributed by atoms with Crippen LogP contribution in [-0.2, 0) is 9.59 Å². The summed E-state index contributed by atoms with van der Waals surface area (Å²) in [5.41, 5.74) is 9.92. The van der Waals surface area contributed by atoms with Gasteiger partial charge in [-0.1, -0.05) is 133 Å². The maximum absolute atomic E-state index is 14.1. The maximum Gasteiger partial charge on any atom is 0.282 e. The van der Waals surface area contributed by atoms with E-state index in [1.807, 2.05) is 184 Å². The minimum absolute atomic E-state index is 0.216. The van der Waals surface area contributed by atoms with Gasteiger partial charge in [-0.25, -0.2) is 0 Å². The lowest BCUT2D eigenvalue weighted by Gasteiger charge is -2.21. The van der Waals surface area contributed by atoms with Crippen molar-refractivity contribution in [2.24, 2.45) is 10.2 Å². The molecule has 8 heteroatoms. The number of anilines is 4. The number of hydrazone groups is 2. The summed E-state index contributed by atoms with van der Waals surface area (Å²) in [7, 11) is 0. The number of para-hydroxylation sites is 4. The maximum atomic E-state index is 14.1. The molecule has 2 heterocycles. The van der Waals surface area contributed by atoms with Crippen LogP contribution < -0.4 is 20.7 Å². The van der Waals surface area contributed by atoms with Crippen LogP contribution in [0.4, 0.5) is 22.7 Å². The van der Waals surface area contributed by atoms with E-state index >= 15 is 0 Å². The molecule has 2 aliphatic rings. The summed E-state index contributed by atoms with van der Waals surface area (Å²) < 4.78 is 0. The molecule has 0 radical (unpaired) electrons. The molecule has 0 unspecified atom stereocenters. The van der Waals surface area contributed by atoms with Gasteiger partial charge in [0.05, 0.1) is 45.3 Å². The van der Waals surface area contributed by atoms with Gasteiger partial charge in [0.1, 0.15) is 0 Å². The molecule has 6 aromatic rings.